The smallest absolute Gasteiger partial charge is 0.00384 e. The van der Waals surface area contributed by atoms with E-state index in [2.05, 4.69) is 11.8 Å². The van der Waals surface area contributed by atoms with Crippen molar-refractivity contribution < 1.29 is 0 Å². The molecule has 0 aromatic carbocycles. The summed E-state index contributed by atoms with van der Waals surface area (Å²) in [4.78, 5) is 0. The van der Waals surface area contributed by atoms with E-state index in [0.717, 1.165) is 12.5 Å². The Hall–Kier alpha value is 0.310. The molecule has 1 heterocycles. The molecule has 0 amide bonds. The van der Waals surface area contributed by atoms with Gasteiger partial charge in [0, 0.05) is 0 Å². The fourth-order valence-corrected chi connectivity index (χ4v) is 2.38. The van der Waals surface area contributed by atoms with Crippen molar-refractivity contribution in [2.75, 3.05) is 18.1 Å². The van der Waals surface area contributed by atoms with Crippen LogP contribution in [0.1, 0.15) is 12.8 Å². The molecule has 48 valence electrons. The summed E-state index contributed by atoms with van der Waals surface area (Å²) >= 11 is 2.07. The summed E-state index contributed by atoms with van der Waals surface area (Å²) in [5.41, 5.74) is 5.40. The minimum Gasteiger partial charge on any atom is -0.330 e. The van der Waals surface area contributed by atoms with Crippen LogP contribution in [-0.2, 0) is 0 Å². The Morgan fingerprint density at radius 2 is 2.50 bits per heavy atom. The molecule has 0 aromatic heterocycles. The van der Waals surface area contributed by atoms with Crippen LogP contribution in [0.15, 0.2) is 0 Å². The summed E-state index contributed by atoms with van der Waals surface area (Å²) < 4.78 is 0. The van der Waals surface area contributed by atoms with E-state index in [0.29, 0.717) is 0 Å². The van der Waals surface area contributed by atoms with Crippen LogP contribution in [0.4, 0.5) is 0 Å². The lowest BCUT2D eigenvalue weighted by Gasteiger charge is -2.02. The van der Waals surface area contributed by atoms with Gasteiger partial charge in [0.25, 0.3) is 0 Å². The van der Waals surface area contributed by atoms with Gasteiger partial charge >= 0.3 is 0 Å². The molecule has 0 bridgehead atoms. The first-order valence-corrected chi connectivity index (χ1v) is 4.37. The van der Waals surface area contributed by atoms with E-state index in [1.165, 1.54) is 24.3 Å². The van der Waals surface area contributed by atoms with Gasteiger partial charge < -0.3 is 5.73 Å². The highest BCUT2D eigenvalue weighted by atomic mass is 32.2. The largest absolute Gasteiger partial charge is 0.330 e. The number of hydrogen-bond acceptors (Lipinski definition) is 2. The van der Waals surface area contributed by atoms with E-state index in [1.807, 2.05) is 0 Å². The Morgan fingerprint density at radius 1 is 1.62 bits per heavy atom. The molecule has 1 rings (SSSR count). The second-order valence-electron chi connectivity index (χ2n) is 2.31. The van der Waals surface area contributed by atoms with Crippen molar-refractivity contribution in [2.24, 2.45) is 11.7 Å². The highest BCUT2D eigenvalue weighted by molar-refractivity contribution is 7.99. The van der Waals surface area contributed by atoms with E-state index in [-0.39, 0.29) is 0 Å². The molecule has 1 saturated heterocycles. The zero-order chi connectivity index (χ0) is 5.82. The third kappa shape index (κ3) is 1.67. The Bertz CT molecular complexity index is 59.5. The quantitative estimate of drug-likeness (QED) is 0.607. The SMILES string of the molecule is NCC[C@H]1CCSC1. The van der Waals surface area contributed by atoms with Crippen LogP contribution in [0.3, 0.4) is 0 Å². The van der Waals surface area contributed by atoms with Gasteiger partial charge in [0.15, 0.2) is 0 Å². The maximum absolute atomic E-state index is 5.40. The molecular weight excluding hydrogens is 118 g/mol. The average Bonchev–Trinajstić information content (AvgIpc) is 2.19. The van der Waals surface area contributed by atoms with E-state index in [9.17, 15) is 0 Å². The van der Waals surface area contributed by atoms with Gasteiger partial charge in [-0.05, 0) is 36.8 Å². The third-order valence-corrected chi connectivity index (χ3v) is 2.83. The molecular formula is C6H13NS. The summed E-state index contributed by atoms with van der Waals surface area (Å²) in [6.07, 6.45) is 2.65. The molecule has 0 spiro atoms. The van der Waals surface area contributed by atoms with Crippen molar-refractivity contribution in [1.29, 1.82) is 0 Å². The van der Waals surface area contributed by atoms with Crippen LogP contribution in [0.2, 0.25) is 0 Å². The van der Waals surface area contributed by atoms with Crippen LogP contribution in [0.25, 0.3) is 0 Å². The molecule has 2 heteroatoms. The summed E-state index contributed by atoms with van der Waals surface area (Å²) in [5.74, 6) is 3.67. The Labute approximate surface area is 55.0 Å². The lowest BCUT2D eigenvalue weighted by atomic mass is 10.1. The zero-order valence-electron chi connectivity index (χ0n) is 5.10. The predicted molar refractivity (Wildman–Crippen MR) is 39.1 cm³/mol. The Kier molecular flexibility index (Phi) is 2.70. The highest BCUT2D eigenvalue weighted by Crippen LogP contribution is 2.25. The molecule has 1 aliphatic rings. The minimum absolute atomic E-state index is 0.880. The van der Waals surface area contributed by atoms with Crippen molar-refractivity contribution in [2.45, 2.75) is 12.8 Å². The van der Waals surface area contributed by atoms with Gasteiger partial charge in [0.05, 0.1) is 0 Å². The molecule has 2 N–H and O–H groups in total. The lowest BCUT2D eigenvalue weighted by Crippen LogP contribution is -2.07. The van der Waals surface area contributed by atoms with Gasteiger partial charge in [-0.1, -0.05) is 0 Å². The number of nitrogens with two attached hydrogens (primary N) is 1. The highest BCUT2D eigenvalue weighted by Gasteiger charge is 2.13. The van der Waals surface area contributed by atoms with E-state index >= 15 is 0 Å². The summed E-state index contributed by atoms with van der Waals surface area (Å²) in [6.45, 7) is 0.880. The van der Waals surface area contributed by atoms with Gasteiger partial charge in [-0.3, -0.25) is 0 Å². The number of hydrogen-bond donors (Lipinski definition) is 1. The molecule has 1 nitrogen and oxygen atoms in total. The molecule has 0 aromatic rings. The van der Waals surface area contributed by atoms with E-state index in [4.69, 9.17) is 5.73 Å². The number of thioether (sulfide) groups is 1. The van der Waals surface area contributed by atoms with Crippen molar-refractivity contribution in [1.82, 2.24) is 0 Å². The van der Waals surface area contributed by atoms with Crippen LogP contribution < -0.4 is 5.73 Å². The third-order valence-electron chi connectivity index (χ3n) is 1.60. The first-order valence-electron chi connectivity index (χ1n) is 3.21. The summed E-state index contributed by atoms with van der Waals surface area (Å²) in [6, 6.07) is 0. The summed E-state index contributed by atoms with van der Waals surface area (Å²) in [7, 11) is 0. The molecule has 1 fully saturated rings. The van der Waals surface area contributed by atoms with Gasteiger partial charge in [-0.2, -0.15) is 11.8 Å². The van der Waals surface area contributed by atoms with Crippen LogP contribution in [0, 0.1) is 5.92 Å². The van der Waals surface area contributed by atoms with Crippen LogP contribution >= 0.6 is 11.8 Å². The van der Waals surface area contributed by atoms with Gasteiger partial charge in [-0.15, -0.1) is 0 Å². The normalized spacial score (nSPS) is 28.9. The topological polar surface area (TPSA) is 26.0 Å². The van der Waals surface area contributed by atoms with Gasteiger partial charge in [0.1, 0.15) is 0 Å². The molecule has 1 atom stereocenters. The first-order chi connectivity index (χ1) is 3.93. The Morgan fingerprint density at radius 3 is 3.00 bits per heavy atom. The maximum atomic E-state index is 5.40. The predicted octanol–water partition coefficient (Wildman–Crippen LogP) is 1.09. The fraction of sp³-hybridized carbons (Fsp3) is 1.00. The van der Waals surface area contributed by atoms with Crippen molar-refractivity contribution in [3.63, 3.8) is 0 Å². The molecule has 8 heavy (non-hydrogen) atoms. The van der Waals surface area contributed by atoms with Gasteiger partial charge in [-0.25, -0.2) is 0 Å². The Balaban J connectivity index is 2.06. The second kappa shape index (κ2) is 3.36. The standard InChI is InChI=1S/C6H13NS/c7-3-1-6-2-4-8-5-6/h6H,1-5,7H2/t6-/m0/s1. The fourth-order valence-electron chi connectivity index (χ4n) is 1.05. The molecule has 0 radical (unpaired) electrons. The van der Waals surface area contributed by atoms with Crippen LogP contribution in [0.5, 0.6) is 0 Å². The zero-order valence-corrected chi connectivity index (χ0v) is 5.91. The average molecular weight is 131 g/mol. The molecule has 0 unspecified atom stereocenters. The number of rotatable bonds is 2. The van der Waals surface area contributed by atoms with E-state index in [1.54, 1.807) is 0 Å². The minimum atomic E-state index is 0.880. The van der Waals surface area contributed by atoms with Gasteiger partial charge in [0.2, 0.25) is 0 Å². The van der Waals surface area contributed by atoms with Crippen molar-refractivity contribution in [3.8, 4) is 0 Å². The summed E-state index contributed by atoms with van der Waals surface area (Å²) in [5, 5.41) is 0. The first kappa shape index (κ1) is 6.43. The maximum Gasteiger partial charge on any atom is -0.00384 e. The molecule has 0 aliphatic carbocycles. The monoisotopic (exact) mass is 131 g/mol. The molecule has 0 saturated carbocycles. The van der Waals surface area contributed by atoms with Crippen molar-refractivity contribution >= 4 is 11.8 Å². The second-order valence-corrected chi connectivity index (χ2v) is 3.46. The lowest BCUT2D eigenvalue weighted by molar-refractivity contribution is 0.555. The molecule has 1 aliphatic heterocycles. The van der Waals surface area contributed by atoms with Crippen LogP contribution in [-0.4, -0.2) is 18.1 Å². The van der Waals surface area contributed by atoms with Crippen molar-refractivity contribution in [3.05, 3.63) is 0 Å². The van der Waals surface area contributed by atoms with E-state index < -0.39 is 0 Å².